The first kappa shape index (κ1) is 25.3. The number of hydrogen-bond donors (Lipinski definition) is 1. The zero-order chi connectivity index (χ0) is 26.6. The maximum absolute atomic E-state index is 13.8. The SMILES string of the molecule is COc1ccccc1N1C(=O)C(CNc2nnc(-c3ccccc3)s2)C(=O)N(c2ccccc2OC)C1=S. The molecule has 1 aliphatic rings. The summed E-state index contributed by atoms with van der Waals surface area (Å²) in [6.45, 7) is -0.0129. The molecule has 0 aliphatic carbocycles. The molecule has 1 fully saturated rings. The number of methoxy groups -OCH3 is 2. The fourth-order valence-electron chi connectivity index (χ4n) is 4.13. The van der Waals surface area contributed by atoms with Gasteiger partial charge in [0.1, 0.15) is 22.4 Å². The fourth-order valence-corrected chi connectivity index (χ4v) is 5.27. The van der Waals surface area contributed by atoms with Gasteiger partial charge in [0.05, 0.1) is 25.6 Å². The summed E-state index contributed by atoms with van der Waals surface area (Å²) in [5.74, 6) is -1.17. The van der Waals surface area contributed by atoms with Gasteiger partial charge in [0.25, 0.3) is 0 Å². The third kappa shape index (κ3) is 4.69. The molecule has 1 saturated heterocycles. The molecule has 11 heteroatoms. The van der Waals surface area contributed by atoms with Gasteiger partial charge < -0.3 is 14.8 Å². The van der Waals surface area contributed by atoms with Crippen molar-refractivity contribution in [3.05, 3.63) is 78.9 Å². The largest absolute Gasteiger partial charge is 0.495 e. The number of aromatic nitrogens is 2. The maximum Gasteiger partial charge on any atom is 0.247 e. The Kier molecular flexibility index (Phi) is 7.29. The highest BCUT2D eigenvalue weighted by atomic mass is 32.1. The molecule has 38 heavy (non-hydrogen) atoms. The monoisotopic (exact) mass is 545 g/mol. The van der Waals surface area contributed by atoms with E-state index in [0.29, 0.717) is 28.0 Å². The van der Waals surface area contributed by atoms with Crippen LogP contribution in [0.2, 0.25) is 0 Å². The van der Waals surface area contributed by atoms with Gasteiger partial charge >= 0.3 is 0 Å². The summed E-state index contributed by atoms with van der Waals surface area (Å²) in [7, 11) is 3.02. The van der Waals surface area contributed by atoms with Crippen LogP contribution in [0.3, 0.4) is 0 Å². The lowest BCUT2D eigenvalue weighted by Gasteiger charge is -2.39. The van der Waals surface area contributed by atoms with Gasteiger partial charge in [0.15, 0.2) is 5.11 Å². The zero-order valence-electron chi connectivity index (χ0n) is 20.5. The topological polar surface area (TPSA) is 96.9 Å². The molecule has 0 spiro atoms. The van der Waals surface area contributed by atoms with E-state index in [9.17, 15) is 9.59 Å². The number of anilines is 3. The number of ether oxygens (including phenoxy) is 2. The van der Waals surface area contributed by atoms with Crippen molar-refractivity contribution in [3.8, 4) is 22.1 Å². The Labute approximate surface area is 228 Å². The second-order valence-corrected chi connectivity index (χ2v) is 9.53. The standard InChI is InChI=1S/C27H23N5O4S2/c1-35-21-14-8-6-12-19(21)31-24(33)18(16-28-26-30-29-23(38-26)17-10-4-3-5-11-17)25(34)32(27(31)37)20-13-7-9-15-22(20)36-2/h3-15,18H,16H2,1-2H3,(H,28,30). The van der Waals surface area contributed by atoms with E-state index in [0.717, 1.165) is 10.6 Å². The van der Waals surface area contributed by atoms with Gasteiger partial charge in [-0.15, -0.1) is 10.2 Å². The van der Waals surface area contributed by atoms with Crippen molar-refractivity contribution in [1.29, 1.82) is 0 Å². The third-order valence-electron chi connectivity index (χ3n) is 5.97. The number of carbonyl (C=O) groups excluding carboxylic acids is 2. The van der Waals surface area contributed by atoms with Crippen molar-refractivity contribution in [2.24, 2.45) is 5.92 Å². The van der Waals surface area contributed by atoms with E-state index in [1.54, 1.807) is 48.5 Å². The summed E-state index contributed by atoms with van der Waals surface area (Å²) < 4.78 is 11.0. The Balaban J connectivity index is 1.50. The quantitative estimate of drug-likeness (QED) is 0.253. The van der Waals surface area contributed by atoms with E-state index < -0.39 is 17.7 Å². The minimum Gasteiger partial charge on any atom is -0.495 e. The molecule has 192 valence electrons. The predicted octanol–water partition coefficient (Wildman–Crippen LogP) is 4.62. The van der Waals surface area contributed by atoms with Gasteiger partial charge in [-0.3, -0.25) is 19.4 Å². The summed E-state index contributed by atoms with van der Waals surface area (Å²) in [4.78, 5) is 30.3. The lowest BCUT2D eigenvalue weighted by atomic mass is 10.0. The molecular formula is C27H23N5O4S2. The third-order valence-corrected chi connectivity index (χ3v) is 7.27. The van der Waals surface area contributed by atoms with Gasteiger partial charge in [0, 0.05) is 12.1 Å². The van der Waals surface area contributed by atoms with Crippen LogP contribution >= 0.6 is 23.6 Å². The lowest BCUT2D eigenvalue weighted by Crippen LogP contribution is -2.61. The second-order valence-electron chi connectivity index (χ2n) is 8.19. The first-order chi connectivity index (χ1) is 18.5. The summed E-state index contributed by atoms with van der Waals surface area (Å²) >= 11 is 7.06. The molecule has 1 N–H and O–H groups in total. The number of benzene rings is 3. The summed E-state index contributed by atoms with van der Waals surface area (Å²) in [5, 5.41) is 12.8. The zero-order valence-corrected chi connectivity index (χ0v) is 22.2. The Morgan fingerprint density at radius 3 is 1.89 bits per heavy atom. The summed E-state index contributed by atoms with van der Waals surface area (Å²) in [6.07, 6.45) is 0. The van der Waals surface area contributed by atoms with Gasteiger partial charge in [-0.25, -0.2) is 0 Å². The Bertz CT molecular complexity index is 1420. The second kappa shape index (κ2) is 11.0. The molecule has 5 rings (SSSR count). The van der Waals surface area contributed by atoms with E-state index in [1.165, 1.54) is 35.4 Å². The molecule has 0 bridgehead atoms. The number of hydrogen-bond acceptors (Lipinski definition) is 9. The van der Waals surface area contributed by atoms with Crippen molar-refractivity contribution in [2.45, 2.75) is 0 Å². The van der Waals surface area contributed by atoms with Crippen LogP contribution in [0, 0.1) is 5.92 Å². The van der Waals surface area contributed by atoms with Crippen LogP contribution in [0.4, 0.5) is 16.5 Å². The first-order valence-corrected chi connectivity index (χ1v) is 12.9. The van der Waals surface area contributed by atoms with Gasteiger partial charge in [-0.2, -0.15) is 0 Å². The maximum atomic E-state index is 13.8. The smallest absolute Gasteiger partial charge is 0.247 e. The fraction of sp³-hybridized carbons (Fsp3) is 0.148. The van der Waals surface area contributed by atoms with E-state index >= 15 is 0 Å². The number of nitrogens with one attached hydrogen (secondary N) is 1. The molecule has 2 amide bonds. The highest BCUT2D eigenvalue weighted by molar-refractivity contribution is 7.81. The van der Waals surface area contributed by atoms with Gasteiger partial charge in [-0.1, -0.05) is 65.9 Å². The number of amides is 2. The molecular weight excluding hydrogens is 522 g/mol. The molecule has 2 heterocycles. The molecule has 0 radical (unpaired) electrons. The van der Waals surface area contributed by atoms with Gasteiger partial charge in [0.2, 0.25) is 16.9 Å². The molecule has 4 aromatic rings. The van der Waals surface area contributed by atoms with Crippen LogP contribution in [-0.2, 0) is 9.59 Å². The molecule has 3 aromatic carbocycles. The van der Waals surface area contributed by atoms with Crippen LogP contribution in [0.1, 0.15) is 0 Å². The van der Waals surface area contributed by atoms with Crippen LogP contribution in [-0.4, -0.2) is 47.9 Å². The predicted molar refractivity (Wildman–Crippen MR) is 151 cm³/mol. The van der Waals surface area contributed by atoms with Crippen LogP contribution in [0.15, 0.2) is 78.9 Å². The van der Waals surface area contributed by atoms with E-state index in [-0.39, 0.29) is 11.7 Å². The summed E-state index contributed by atoms with van der Waals surface area (Å²) in [5.41, 5.74) is 1.80. The van der Waals surface area contributed by atoms with Crippen molar-refractivity contribution in [2.75, 3.05) is 35.9 Å². The van der Waals surface area contributed by atoms with Crippen molar-refractivity contribution >= 4 is 57.0 Å². The lowest BCUT2D eigenvalue weighted by molar-refractivity contribution is -0.131. The molecule has 0 saturated carbocycles. The van der Waals surface area contributed by atoms with Gasteiger partial charge in [-0.05, 0) is 36.5 Å². The van der Waals surface area contributed by atoms with Crippen molar-refractivity contribution in [3.63, 3.8) is 0 Å². The highest BCUT2D eigenvalue weighted by Crippen LogP contribution is 2.37. The summed E-state index contributed by atoms with van der Waals surface area (Å²) in [6, 6.07) is 23.7. The highest BCUT2D eigenvalue weighted by Gasteiger charge is 2.46. The number of nitrogens with zero attached hydrogens (tertiary/aromatic N) is 4. The first-order valence-electron chi connectivity index (χ1n) is 11.6. The molecule has 1 aliphatic heterocycles. The van der Waals surface area contributed by atoms with E-state index in [4.69, 9.17) is 21.7 Å². The average Bonchev–Trinajstić information content (AvgIpc) is 3.43. The van der Waals surface area contributed by atoms with Crippen LogP contribution < -0.4 is 24.6 Å². The van der Waals surface area contributed by atoms with Crippen LogP contribution in [0.25, 0.3) is 10.6 Å². The van der Waals surface area contributed by atoms with Crippen molar-refractivity contribution in [1.82, 2.24) is 10.2 Å². The Morgan fingerprint density at radius 1 is 0.816 bits per heavy atom. The number of carbonyl (C=O) groups is 2. The molecule has 0 unspecified atom stereocenters. The van der Waals surface area contributed by atoms with E-state index in [1.807, 2.05) is 30.3 Å². The number of para-hydroxylation sites is 4. The number of rotatable bonds is 8. The van der Waals surface area contributed by atoms with E-state index in [2.05, 4.69) is 15.5 Å². The minimum atomic E-state index is -1.11. The Hall–Kier alpha value is -4.35. The molecule has 9 nitrogen and oxygen atoms in total. The molecule has 0 atom stereocenters. The Morgan fingerprint density at radius 2 is 1.34 bits per heavy atom. The molecule has 1 aromatic heterocycles. The number of thiocarbonyl (C=S) groups is 1. The average molecular weight is 546 g/mol. The van der Waals surface area contributed by atoms with Crippen molar-refractivity contribution < 1.29 is 19.1 Å². The van der Waals surface area contributed by atoms with Crippen LogP contribution in [0.5, 0.6) is 11.5 Å². The minimum absolute atomic E-state index is 0.00697. The normalized spacial score (nSPS) is 14.1.